The molecule has 140 valence electrons. The normalized spacial score (nSPS) is 22.3. The number of rotatable bonds is 6. The number of hydrogen-bond acceptors (Lipinski definition) is 3. The number of aryl methyl sites for hydroxylation is 1. The van der Waals surface area contributed by atoms with Crippen LogP contribution in [0.25, 0.3) is 0 Å². The number of piperidine rings is 1. The highest BCUT2D eigenvalue weighted by atomic mass is 15.3. The molecule has 3 rings (SSSR count). The summed E-state index contributed by atoms with van der Waals surface area (Å²) in [5.41, 5.74) is 2.89. The van der Waals surface area contributed by atoms with E-state index in [0.717, 1.165) is 18.4 Å². The highest BCUT2D eigenvalue weighted by Gasteiger charge is 2.25. The maximum Gasteiger partial charge on any atom is 0.0368 e. The summed E-state index contributed by atoms with van der Waals surface area (Å²) in [6, 6.07) is 9.89. The Morgan fingerprint density at radius 2 is 1.72 bits per heavy atom. The molecule has 3 heteroatoms. The standard InChI is InChI=1S/C22H37N3/c1-4-19(3)24-15-13-23(14-16-24)18-21-9-11-25(12-10-21)22-8-6-7-20(5-2)17-22/h6-8,17,19,21H,4-5,9-16,18H2,1-3H3. The van der Waals surface area contributed by atoms with E-state index < -0.39 is 0 Å². The van der Waals surface area contributed by atoms with E-state index in [4.69, 9.17) is 0 Å². The first-order valence-corrected chi connectivity index (χ1v) is 10.5. The van der Waals surface area contributed by atoms with E-state index in [1.165, 1.54) is 76.3 Å². The molecule has 2 fully saturated rings. The average molecular weight is 344 g/mol. The molecule has 1 aromatic carbocycles. The van der Waals surface area contributed by atoms with Crippen LogP contribution in [0.15, 0.2) is 24.3 Å². The lowest BCUT2D eigenvalue weighted by Crippen LogP contribution is -2.51. The van der Waals surface area contributed by atoms with Crippen LogP contribution in [0.1, 0.15) is 45.6 Å². The van der Waals surface area contributed by atoms with E-state index in [1.807, 2.05) is 0 Å². The van der Waals surface area contributed by atoms with E-state index in [1.54, 1.807) is 0 Å². The number of nitrogens with zero attached hydrogens (tertiary/aromatic N) is 3. The fraction of sp³-hybridized carbons (Fsp3) is 0.727. The smallest absolute Gasteiger partial charge is 0.0368 e. The van der Waals surface area contributed by atoms with Gasteiger partial charge < -0.3 is 9.80 Å². The van der Waals surface area contributed by atoms with Gasteiger partial charge in [-0.3, -0.25) is 4.90 Å². The molecule has 2 heterocycles. The minimum atomic E-state index is 0.754. The summed E-state index contributed by atoms with van der Waals surface area (Å²) in [7, 11) is 0. The van der Waals surface area contributed by atoms with Crippen molar-refractivity contribution < 1.29 is 0 Å². The second-order valence-electron chi connectivity index (χ2n) is 8.05. The van der Waals surface area contributed by atoms with E-state index in [9.17, 15) is 0 Å². The first-order valence-electron chi connectivity index (χ1n) is 10.5. The van der Waals surface area contributed by atoms with Crippen LogP contribution < -0.4 is 4.90 Å². The van der Waals surface area contributed by atoms with Gasteiger partial charge in [-0.1, -0.05) is 26.0 Å². The van der Waals surface area contributed by atoms with Gasteiger partial charge in [-0.05, 0) is 56.2 Å². The number of benzene rings is 1. The first-order chi connectivity index (χ1) is 12.2. The molecule has 25 heavy (non-hydrogen) atoms. The van der Waals surface area contributed by atoms with Crippen molar-refractivity contribution in [3.8, 4) is 0 Å². The van der Waals surface area contributed by atoms with Gasteiger partial charge in [-0.25, -0.2) is 0 Å². The topological polar surface area (TPSA) is 9.72 Å². The molecular weight excluding hydrogens is 306 g/mol. The Morgan fingerprint density at radius 1 is 1.00 bits per heavy atom. The lowest BCUT2D eigenvalue weighted by atomic mass is 9.95. The molecule has 0 aliphatic carbocycles. The summed E-state index contributed by atoms with van der Waals surface area (Å²) in [6.45, 7) is 15.8. The van der Waals surface area contributed by atoms with E-state index in [-0.39, 0.29) is 0 Å². The predicted octanol–water partition coefficient (Wildman–Crippen LogP) is 3.88. The van der Waals surface area contributed by atoms with Crippen molar-refractivity contribution in [1.82, 2.24) is 9.80 Å². The van der Waals surface area contributed by atoms with Crippen LogP contribution in [-0.4, -0.2) is 61.7 Å². The van der Waals surface area contributed by atoms with Gasteiger partial charge in [0.05, 0.1) is 0 Å². The summed E-state index contributed by atoms with van der Waals surface area (Å²) in [5.74, 6) is 0.890. The molecular formula is C22H37N3. The van der Waals surface area contributed by atoms with E-state index >= 15 is 0 Å². The van der Waals surface area contributed by atoms with Crippen molar-refractivity contribution in [1.29, 1.82) is 0 Å². The SMILES string of the molecule is CCc1cccc(N2CCC(CN3CCN(C(C)CC)CC3)CC2)c1. The van der Waals surface area contributed by atoms with Gasteiger partial charge in [0.2, 0.25) is 0 Å². The van der Waals surface area contributed by atoms with Crippen LogP contribution in [0.2, 0.25) is 0 Å². The molecule has 1 unspecified atom stereocenters. The van der Waals surface area contributed by atoms with Gasteiger partial charge in [0.25, 0.3) is 0 Å². The largest absolute Gasteiger partial charge is 0.372 e. The Morgan fingerprint density at radius 3 is 2.36 bits per heavy atom. The number of hydrogen-bond donors (Lipinski definition) is 0. The van der Waals surface area contributed by atoms with Crippen molar-refractivity contribution in [2.45, 2.75) is 52.5 Å². The van der Waals surface area contributed by atoms with Crippen LogP contribution in [0.3, 0.4) is 0 Å². The molecule has 3 nitrogen and oxygen atoms in total. The van der Waals surface area contributed by atoms with Crippen LogP contribution >= 0.6 is 0 Å². The summed E-state index contributed by atoms with van der Waals surface area (Å²) in [5, 5.41) is 0. The third-order valence-corrected chi connectivity index (χ3v) is 6.44. The highest BCUT2D eigenvalue weighted by Crippen LogP contribution is 2.25. The van der Waals surface area contributed by atoms with Crippen molar-refractivity contribution >= 4 is 5.69 Å². The maximum atomic E-state index is 2.72. The molecule has 0 bridgehead atoms. The predicted molar refractivity (Wildman–Crippen MR) is 109 cm³/mol. The molecule has 2 saturated heterocycles. The summed E-state index contributed by atoms with van der Waals surface area (Å²) >= 11 is 0. The molecule has 2 aliphatic heterocycles. The van der Waals surface area contributed by atoms with E-state index in [0.29, 0.717) is 0 Å². The molecule has 0 aromatic heterocycles. The second-order valence-corrected chi connectivity index (χ2v) is 8.05. The minimum absolute atomic E-state index is 0.754. The fourth-order valence-corrected chi connectivity index (χ4v) is 4.36. The van der Waals surface area contributed by atoms with Crippen molar-refractivity contribution in [2.24, 2.45) is 5.92 Å². The average Bonchev–Trinajstić information content (AvgIpc) is 2.68. The van der Waals surface area contributed by atoms with Gasteiger partial charge in [0.15, 0.2) is 0 Å². The number of piperazine rings is 1. The summed E-state index contributed by atoms with van der Waals surface area (Å²) in [6.07, 6.45) is 5.11. The molecule has 0 N–H and O–H groups in total. The lowest BCUT2D eigenvalue weighted by molar-refractivity contribution is 0.0867. The van der Waals surface area contributed by atoms with E-state index in [2.05, 4.69) is 59.7 Å². The third kappa shape index (κ3) is 4.98. The van der Waals surface area contributed by atoms with Crippen LogP contribution in [-0.2, 0) is 6.42 Å². The molecule has 2 aliphatic rings. The summed E-state index contributed by atoms with van der Waals surface area (Å²) < 4.78 is 0. The molecule has 1 atom stereocenters. The zero-order valence-electron chi connectivity index (χ0n) is 16.6. The Labute approximate surface area is 155 Å². The van der Waals surface area contributed by atoms with Gasteiger partial charge >= 0.3 is 0 Å². The van der Waals surface area contributed by atoms with Crippen LogP contribution in [0, 0.1) is 5.92 Å². The van der Waals surface area contributed by atoms with Crippen molar-refractivity contribution in [3.63, 3.8) is 0 Å². The monoisotopic (exact) mass is 343 g/mol. The summed E-state index contributed by atoms with van der Waals surface area (Å²) in [4.78, 5) is 7.98. The first kappa shape index (κ1) is 18.7. The van der Waals surface area contributed by atoms with Crippen LogP contribution in [0.5, 0.6) is 0 Å². The highest BCUT2D eigenvalue weighted by molar-refractivity contribution is 5.49. The molecule has 1 aromatic rings. The number of anilines is 1. The maximum absolute atomic E-state index is 2.72. The van der Waals surface area contributed by atoms with Crippen molar-refractivity contribution in [2.75, 3.05) is 50.7 Å². The molecule has 0 amide bonds. The van der Waals surface area contributed by atoms with Gasteiger partial charge in [0.1, 0.15) is 0 Å². The second kappa shape index (κ2) is 9.05. The molecule has 0 radical (unpaired) electrons. The third-order valence-electron chi connectivity index (χ3n) is 6.44. The fourth-order valence-electron chi connectivity index (χ4n) is 4.36. The zero-order valence-corrected chi connectivity index (χ0v) is 16.6. The van der Waals surface area contributed by atoms with Gasteiger partial charge in [-0.2, -0.15) is 0 Å². The lowest BCUT2D eigenvalue weighted by Gasteiger charge is -2.41. The Balaban J connectivity index is 1.42. The Hall–Kier alpha value is -1.06. The van der Waals surface area contributed by atoms with Crippen LogP contribution in [0.4, 0.5) is 5.69 Å². The Bertz CT molecular complexity index is 514. The van der Waals surface area contributed by atoms with Gasteiger partial charge in [-0.15, -0.1) is 0 Å². The quantitative estimate of drug-likeness (QED) is 0.776. The molecule has 0 spiro atoms. The van der Waals surface area contributed by atoms with Crippen molar-refractivity contribution in [3.05, 3.63) is 29.8 Å². The Kier molecular flexibility index (Phi) is 6.77. The molecule has 0 saturated carbocycles. The van der Waals surface area contributed by atoms with Gasteiger partial charge in [0, 0.05) is 57.5 Å². The minimum Gasteiger partial charge on any atom is -0.372 e. The zero-order chi connectivity index (χ0) is 17.6.